The minimum absolute atomic E-state index is 0.223. The second-order valence-electron chi connectivity index (χ2n) is 2.79. The zero-order valence-electron chi connectivity index (χ0n) is 7.20. The monoisotopic (exact) mass is 190 g/mol. The maximum atomic E-state index is 12.6. The van der Waals surface area contributed by atoms with Gasteiger partial charge in [0.1, 0.15) is 11.6 Å². The summed E-state index contributed by atoms with van der Waals surface area (Å²) in [5.74, 6) is 0.129. The van der Waals surface area contributed by atoms with Crippen LogP contribution < -0.4 is 5.56 Å². The van der Waals surface area contributed by atoms with Crippen LogP contribution in [0.1, 0.15) is 0 Å². The molecule has 0 amide bonds. The average Bonchev–Trinajstić information content (AvgIpc) is 2.19. The molecule has 2 rings (SSSR count). The molecule has 0 saturated carbocycles. The van der Waals surface area contributed by atoms with Gasteiger partial charge in [-0.1, -0.05) is 0 Å². The van der Waals surface area contributed by atoms with Crippen LogP contribution in [0.2, 0.25) is 0 Å². The molecule has 0 aliphatic rings. The van der Waals surface area contributed by atoms with Gasteiger partial charge in [0, 0.05) is 17.8 Å². The van der Waals surface area contributed by atoms with Crippen LogP contribution in [0.3, 0.4) is 0 Å². The molecule has 1 N–H and O–H groups in total. The molecular weight excluding hydrogens is 183 g/mol. The highest BCUT2D eigenvalue weighted by Gasteiger charge is 1.99. The lowest BCUT2D eigenvalue weighted by Crippen LogP contribution is -2.05. The normalized spacial score (nSPS) is 10.1. The molecule has 0 atom stereocenters. The quantitative estimate of drug-likeness (QED) is 0.741. The van der Waals surface area contributed by atoms with Gasteiger partial charge in [0.05, 0.1) is 0 Å². The Balaban J connectivity index is 2.50. The van der Waals surface area contributed by atoms with Crippen molar-refractivity contribution in [1.82, 2.24) is 9.97 Å². The van der Waals surface area contributed by atoms with Crippen molar-refractivity contribution in [2.24, 2.45) is 0 Å². The lowest BCUT2D eigenvalue weighted by atomic mass is 10.2. The Morgan fingerprint density at radius 3 is 2.50 bits per heavy atom. The minimum Gasteiger partial charge on any atom is -0.307 e. The van der Waals surface area contributed by atoms with Gasteiger partial charge < -0.3 is 4.98 Å². The second kappa shape index (κ2) is 3.41. The highest BCUT2D eigenvalue weighted by atomic mass is 19.1. The van der Waals surface area contributed by atoms with Crippen molar-refractivity contribution < 1.29 is 4.39 Å². The second-order valence-corrected chi connectivity index (χ2v) is 2.79. The van der Waals surface area contributed by atoms with Crippen molar-refractivity contribution in [3.8, 4) is 11.4 Å². The summed E-state index contributed by atoms with van der Waals surface area (Å²) >= 11 is 0. The van der Waals surface area contributed by atoms with Gasteiger partial charge in [0.15, 0.2) is 0 Å². The van der Waals surface area contributed by atoms with E-state index >= 15 is 0 Å². The fraction of sp³-hybridized carbons (Fsp3) is 0. The number of nitrogens with zero attached hydrogens (tertiary/aromatic N) is 1. The number of hydrogen-bond acceptors (Lipinski definition) is 2. The van der Waals surface area contributed by atoms with E-state index in [1.54, 1.807) is 12.1 Å². The van der Waals surface area contributed by atoms with Crippen LogP contribution in [0, 0.1) is 5.82 Å². The summed E-state index contributed by atoms with van der Waals surface area (Å²) in [6, 6.07) is 7.10. The summed E-state index contributed by atoms with van der Waals surface area (Å²) in [4.78, 5) is 17.5. The predicted molar refractivity (Wildman–Crippen MR) is 50.3 cm³/mol. The summed E-state index contributed by atoms with van der Waals surface area (Å²) in [7, 11) is 0. The van der Waals surface area contributed by atoms with E-state index in [4.69, 9.17) is 0 Å². The van der Waals surface area contributed by atoms with Crippen LogP contribution in [0.4, 0.5) is 4.39 Å². The Kier molecular flexibility index (Phi) is 2.10. The molecule has 0 fully saturated rings. The molecule has 0 unspecified atom stereocenters. The number of hydrogen-bond donors (Lipinski definition) is 1. The highest BCUT2D eigenvalue weighted by molar-refractivity contribution is 5.53. The summed E-state index contributed by atoms with van der Waals surface area (Å²) < 4.78 is 12.6. The smallest absolute Gasteiger partial charge is 0.251 e. The topological polar surface area (TPSA) is 45.8 Å². The molecule has 0 spiro atoms. The summed E-state index contributed by atoms with van der Waals surface area (Å²) in [5, 5.41) is 0. The van der Waals surface area contributed by atoms with Crippen LogP contribution in [0.25, 0.3) is 11.4 Å². The van der Waals surface area contributed by atoms with Gasteiger partial charge in [-0.05, 0) is 24.3 Å². The van der Waals surface area contributed by atoms with Crippen molar-refractivity contribution in [3.05, 3.63) is 52.7 Å². The van der Waals surface area contributed by atoms with Gasteiger partial charge >= 0.3 is 0 Å². The lowest BCUT2D eigenvalue weighted by molar-refractivity contribution is 0.628. The molecule has 1 aromatic carbocycles. The third kappa shape index (κ3) is 1.69. The molecule has 3 nitrogen and oxygen atoms in total. The van der Waals surface area contributed by atoms with E-state index in [0.29, 0.717) is 11.4 Å². The first-order valence-electron chi connectivity index (χ1n) is 4.07. The average molecular weight is 190 g/mol. The first-order valence-corrected chi connectivity index (χ1v) is 4.07. The summed E-state index contributed by atoms with van der Waals surface area (Å²) in [5.41, 5.74) is 0.462. The number of rotatable bonds is 1. The zero-order valence-corrected chi connectivity index (χ0v) is 7.20. The van der Waals surface area contributed by atoms with Gasteiger partial charge in [-0.2, -0.15) is 0 Å². The molecule has 1 heterocycles. The van der Waals surface area contributed by atoms with Crippen molar-refractivity contribution >= 4 is 0 Å². The SMILES string of the molecule is O=c1ccnc(-c2ccc(F)cc2)[nH]1. The maximum absolute atomic E-state index is 12.6. The molecule has 0 aliphatic heterocycles. The maximum Gasteiger partial charge on any atom is 0.251 e. The minimum atomic E-state index is -0.313. The van der Waals surface area contributed by atoms with Gasteiger partial charge in [-0.25, -0.2) is 9.37 Å². The number of halogens is 1. The summed E-state index contributed by atoms with van der Waals surface area (Å²) in [6.45, 7) is 0. The standard InChI is InChI=1S/C10H7FN2O/c11-8-3-1-7(2-4-8)10-12-6-5-9(14)13-10/h1-6H,(H,12,13,14). The Morgan fingerprint density at radius 1 is 1.14 bits per heavy atom. The fourth-order valence-electron chi connectivity index (χ4n) is 1.12. The molecule has 14 heavy (non-hydrogen) atoms. The van der Waals surface area contributed by atoms with Gasteiger partial charge in [0.25, 0.3) is 5.56 Å². The van der Waals surface area contributed by atoms with Gasteiger partial charge in [-0.3, -0.25) is 4.79 Å². The van der Waals surface area contributed by atoms with Gasteiger partial charge in [-0.15, -0.1) is 0 Å². The van der Waals surface area contributed by atoms with Crippen molar-refractivity contribution in [2.45, 2.75) is 0 Å². The number of aromatic nitrogens is 2. The Morgan fingerprint density at radius 2 is 1.86 bits per heavy atom. The van der Waals surface area contributed by atoms with Gasteiger partial charge in [0.2, 0.25) is 0 Å². The Hall–Kier alpha value is -1.97. The lowest BCUT2D eigenvalue weighted by Gasteiger charge is -1.98. The van der Waals surface area contributed by atoms with Crippen LogP contribution >= 0.6 is 0 Å². The number of nitrogens with one attached hydrogen (secondary N) is 1. The number of H-pyrrole nitrogens is 1. The first kappa shape index (κ1) is 8.62. The van der Waals surface area contributed by atoms with Crippen LogP contribution in [-0.2, 0) is 0 Å². The predicted octanol–water partition coefficient (Wildman–Crippen LogP) is 1.58. The van der Waals surface area contributed by atoms with Crippen molar-refractivity contribution in [1.29, 1.82) is 0 Å². The Labute approximate surface area is 79.3 Å². The molecule has 0 radical (unpaired) electrons. The Bertz CT molecular complexity index is 490. The van der Waals surface area contributed by atoms with E-state index in [1.807, 2.05) is 0 Å². The largest absolute Gasteiger partial charge is 0.307 e. The first-order chi connectivity index (χ1) is 6.75. The third-order valence-corrected chi connectivity index (χ3v) is 1.79. The van der Waals surface area contributed by atoms with Crippen molar-refractivity contribution in [3.63, 3.8) is 0 Å². The molecule has 1 aromatic heterocycles. The third-order valence-electron chi connectivity index (χ3n) is 1.79. The molecule has 2 aromatic rings. The van der Waals surface area contributed by atoms with Crippen molar-refractivity contribution in [2.75, 3.05) is 0 Å². The zero-order chi connectivity index (χ0) is 9.97. The fourth-order valence-corrected chi connectivity index (χ4v) is 1.12. The molecule has 0 saturated heterocycles. The number of aromatic amines is 1. The van der Waals surface area contributed by atoms with E-state index in [0.717, 1.165) is 0 Å². The van der Waals surface area contributed by atoms with E-state index < -0.39 is 0 Å². The van der Waals surface area contributed by atoms with Crippen LogP contribution in [0.5, 0.6) is 0 Å². The summed E-state index contributed by atoms with van der Waals surface area (Å²) in [6.07, 6.45) is 1.41. The molecular formula is C10H7FN2O. The van der Waals surface area contributed by atoms with E-state index in [1.165, 1.54) is 24.4 Å². The molecule has 0 bridgehead atoms. The van der Waals surface area contributed by atoms with E-state index in [9.17, 15) is 9.18 Å². The number of benzene rings is 1. The molecule has 70 valence electrons. The van der Waals surface area contributed by atoms with E-state index in [2.05, 4.69) is 9.97 Å². The van der Waals surface area contributed by atoms with E-state index in [-0.39, 0.29) is 11.4 Å². The van der Waals surface area contributed by atoms with Crippen LogP contribution in [-0.4, -0.2) is 9.97 Å². The van der Waals surface area contributed by atoms with Crippen LogP contribution in [0.15, 0.2) is 41.3 Å². The molecule has 4 heteroatoms. The molecule has 0 aliphatic carbocycles. The highest BCUT2D eigenvalue weighted by Crippen LogP contribution is 2.12.